The van der Waals surface area contributed by atoms with Gasteiger partial charge in [-0.1, -0.05) is 6.07 Å². The fourth-order valence-corrected chi connectivity index (χ4v) is 4.04. The standard InChI is InChI=1S/C19H25N3O4/c1-22-8-7-19(25-4)14(11-22)17(13(10-20)18(21)26-19)12-5-6-15(23-2)16(9-12)24-3/h5-6,9,14,17H,7-8,11,21H2,1-4H3/t14-,17+,19+/m0/s1. The second-order valence-corrected chi connectivity index (χ2v) is 6.72. The number of fused-ring (bicyclic) bond motifs is 1. The third-order valence-corrected chi connectivity index (χ3v) is 5.41. The number of likely N-dealkylation sites (tertiary alicyclic amines) is 1. The Morgan fingerprint density at radius 1 is 1.27 bits per heavy atom. The lowest BCUT2D eigenvalue weighted by Gasteiger charge is -2.51. The van der Waals surface area contributed by atoms with Crippen LogP contribution in [0.3, 0.4) is 0 Å². The third-order valence-electron chi connectivity index (χ3n) is 5.41. The van der Waals surface area contributed by atoms with Gasteiger partial charge in [0.05, 0.1) is 19.8 Å². The minimum Gasteiger partial charge on any atom is -0.493 e. The second-order valence-electron chi connectivity index (χ2n) is 6.72. The number of hydrogen-bond donors (Lipinski definition) is 1. The molecule has 140 valence electrons. The maximum absolute atomic E-state index is 9.76. The molecule has 1 aromatic carbocycles. The van der Waals surface area contributed by atoms with Gasteiger partial charge in [-0.05, 0) is 24.7 Å². The van der Waals surface area contributed by atoms with Crippen molar-refractivity contribution in [1.82, 2.24) is 4.90 Å². The van der Waals surface area contributed by atoms with E-state index in [0.29, 0.717) is 23.5 Å². The number of nitrogens with zero attached hydrogens (tertiary/aromatic N) is 2. The van der Waals surface area contributed by atoms with Crippen molar-refractivity contribution in [3.8, 4) is 17.6 Å². The fraction of sp³-hybridized carbons (Fsp3) is 0.526. The summed E-state index contributed by atoms with van der Waals surface area (Å²) < 4.78 is 22.6. The Kier molecular flexibility index (Phi) is 4.99. The molecule has 2 N–H and O–H groups in total. The van der Waals surface area contributed by atoms with E-state index in [1.54, 1.807) is 21.3 Å². The lowest BCUT2D eigenvalue weighted by Crippen LogP contribution is -2.58. The van der Waals surface area contributed by atoms with E-state index in [0.717, 1.165) is 18.7 Å². The van der Waals surface area contributed by atoms with Crippen LogP contribution >= 0.6 is 0 Å². The smallest absolute Gasteiger partial charge is 0.218 e. The minimum atomic E-state index is -0.839. The Morgan fingerprint density at radius 2 is 2.00 bits per heavy atom. The number of allylic oxidation sites excluding steroid dienone is 1. The van der Waals surface area contributed by atoms with Gasteiger partial charge in [0.1, 0.15) is 6.07 Å². The van der Waals surface area contributed by atoms with E-state index in [1.165, 1.54) is 0 Å². The van der Waals surface area contributed by atoms with Crippen molar-refractivity contribution in [3.63, 3.8) is 0 Å². The van der Waals surface area contributed by atoms with Crippen LogP contribution in [0.4, 0.5) is 0 Å². The van der Waals surface area contributed by atoms with E-state index in [2.05, 4.69) is 18.0 Å². The number of rotatable bonds is 4. The van der Waals surface area contributed by atoms with E-state index in [9.17, 15) is 5.26 Å². The first-order valence-electron chi connectivity index (χ1n) is 8.54. The minimum absolute atomic E-state index is 0.0775. The van der Waals surface area contributed by atoms with Crippen molar-refractivity contribution in [2.75, 3.05) is 41.5 Å². The molecular formula is C19H25N3O4. The first-order chi connectivity index (χ1) is 12.5. The van der Waals surface area contributed by atoms with Crippen molar-refractivity contribution in [3.05, 3.63) is 35.2 Å². The summed E-state index contributed by atoms with van der Waals surface area (Å²) in [5.41, 5.74) is 7.48. The van der Waals surface area contributed by atoms with Gasteiger partial charge < -0.3 is 29.6 Å². The lowest BCUT2D eigenvalue weighted by molar-refractivity contribution is -0.264. The first-order valence-corrected chi connectivity index (χ1v) is 8.54. The van der Waals surface area contributed by atoms with Crippen LogP contribution in [0.1, 0.15) is 17.9 Å². The number of piperidine rings is 1. The van der Waals surface area contributed by atoms with E-state index in [1.807, 2.05) is 18.2 Å². The maximum atomic E-state index is 9.76. The molecule has 0 spiro atoms. The summed E-state index contributed by atoms with van der Waals surface area (Å²) in [6.45, 7) is 1.56. The van der Waals surface area contributed by atoms with Gasteiger partial charge in [0.25, 0.3) is 0 Å². The molecule has 2 heterocycles. The Labute approximate surface area is 153 Å². The highest BCUT2D eigenvalue weighted by Gasteiger charge is 2.54. The van der Waals surface area contributed by atoms with Crippen LogP contribution in [0.25, 0.3) is 0 Å². The van der Waals surface area contributed by atoms with Gasteiger partial charge in [0.15, 0.2) is 11.5 Å². The molecule has 3 rings (SSSR count). The number of hydrogen-bond acceptors (Lipinski definition) is 7. The molecule has 0 aliphatic carbocycles. The van der Waals surface area contributed by atoms with Gasteiger partial charge in [0, 0.05) is 38.5 Å². The van der Waals surface area contributed by atoms with Gasteiger partial charge in [-0.15, -0.1) is 0 Å². The predicted molar refractivity (Wildman–Crippen MR) is 95.5 cm³/mol. The molecule has 3 atom stereocenters. The first kappa shape index (κ1) is 18.4. The van der Waals surface area contributed by atoms with Crippen LogP contribution in [-0.2, 0) is 9.47 Å². The highest BCUT2D eigenvalue weighted by Crippen LogP contribution is 2.50. The van der Waals surface area contributed by atoms with Gasteiger partial charge >= 0.3 is 0 Å². The monoisotopic (exact) mass is 359 g/mol. The summed E-state index contributed by atoms with van der Waals surface area (Å²) in [6, 6.07) is 7.92. The van der Waals surface area contributed by atoms with Crippen molar-refractivity contribution in [1.29, 1.82) is 5.26 Å². The highest BCUT2D eigenvalue weighted by molar-refractivity contribution is 5.49. The zero-order chi connectivity index (χ0) is 18.9. The molecule has 1 fully saturated rings. The Hall–Kier alpha value is -2.43. The number of nitrogens with two attached hydrogens (primary N) is 1. The molecule has 26 heavy (non-hydrogen) atoms. The van der Waals surface area contributed by atoms with Crippen molar-refractivity contribution in [2.45, 2.75) is 18.1 Å². The van der Waals surface area contributed by atoms with E-state index < -0.39 is 5.79 Å². The highest BCUT2D eigenvalue weighted by atomic mass is 16.7. The molecule has 0 radical (unpaired) electrons. The van der Waals surface area contributed by atoms with Crippen molar-refractivity contribution < 1.29 is 18.9 Å². The number of ether oxygens (including phenoxy) is 4. The lowest BCUT2D eigenvalue weighted by atomic mass is 9.72. The molecule has 0 amide bonds. The summed E-state index contributed by atoms with van der Waals surface area (Å²) in [4.78, 5) is 2.22. The molecule has 0 saturated carbocycles. The number of methoxy groups -OCH3 is 3. The van der Waals surface area contributed by atoms with Crippen LogP contribution in [0, 0.1) is 17.2 Å². The zero-order valence-electron chi connectivity index (χ0n) is 15.6. The van der Waals surface area contributed by atoms with Crippen molar-refractivity contribution in [2.24, 2.45) is 11.7 Å². The second kappa shape index (κ2) is 7.06. The Morgan fingerprint density at radius 3 is 2.62 bits per heavy atom. The molecule has 2 aliphatic heterocycles. The summed E-state index contributed by atoms with van der Waals surface area (Å²) >= 11 is 0. The molecule has 0 aromatic heterocycles. The zero-order valence-corrected chi connectivity index (χ0v) is 15.6. The van der Waals surface area contributed by atoms with E-state index >= 15 is 0 Å². The summed E-state index contributed by atoms with van der Waals surface area (Å²) in [5, 5.41) is 9.76. The largest absolute Gasteiger partial charge is 0.493 e. The van der Waals surface area contributed by atoms with Crippen molar-refractivity contribution >= 4 is 0 Å². The predicted octanol–water partition coefficient (Wildman–Crippen LogP) is 1.81. The molecule has 1 aromatic rings. The summed E-state index contributed by atoms with van der Waals surface area (Å²) in [7, 11) is 6.87. The average Bonchev–Trinajstić information content (AvgIpc) is 2.66. The third kappa shape index (κ3) is 2.85. The molecule has 7 nitrogen and oxygen atoms in total. The van der Waals surface area contributed by atoms with Crippen LogP contribution in [0.5, 0.6) is 11.5 Å². The SMILES string of the molecule is COc1ccc([C@@H]2C(C#N)=C(N)O[C@]3(OC)CCN(C)C[C@@H]23)cc1OC. The fourth-order valence-electron chi connectivity index (χ4n) is 4.04. The summed E-state index contributed by atoms with van der Waals surface area (Å²) in [6.07, 6.45) is 0.674. The molecular weight excluding hydrogens is 334 g/mol. The van der Waals surface area contributed by atoms with Gasteiger partial charge in [-0.25, -0.2) is 0 Å². The Bertz CT molecular complexity index is 758. The quantitative estimate of drug-likeness (QED) is 0.877. The topological polar surface area (TPSA) is 90.0 Å². The van der Waals surface area contributed by atoms with E-state index in [-0.39, 0.29) is 17.7 Å². The van der Waals surface area contributed by atoms with E-state index in [4.69, 9.17) is 24.7 Å². The van der Waals surface area contributed by atoms with Crippen LogP contribution < -0.4 is 15.2 Å². The van der Waals surface area contributed by atoms with Crippen LogP contribution in [0.15, 0.2) is 29.7 Å². The number of benzene rings is 1. The normalized spacial score (nSPS) is 28.7. The number of nitriles is 1. The molecule has 2 aliphatic rings. The van der Waals surface area contributed by atoms with Crippen LogP contribution in [-0.4, -0.2) is 52.2 Å². The van der Waals surface area contributed by atoms with Gasteiger partial charge in [-0.2, -0.15) is 5.26 Å². The molecule has 0 unspecified atom stereocenters. The Balaban J connectivity index is 2.15. The average molecular weight is 359 g/mol. The van der Waals surface area contributed by atoms with Crippen LogP contribution in [0.2, 0.25) is 0 Å². The maximum Gasteiger partial charge on any atom is 0.218 e. The van der Waals surface area contributed by atoms with Gasteiger partial charge in [-0.3, -0.25) is 0 Å². The molecule has 0 bridgehead atoms. The summed E-state index contributed by atoms with van der Waals surface area (Å²) in [5.74, 6) is 0.212. The molecule has 7 heteroatoms. The van der Waals surface area contributed by atoms with Gasteiger partial charge in [0.2, 0.25) is 11.7 Å². The molecule has 1 saturated heterocycles.